The number of nitrogens with zero attached hydrogens (tertiary/aromatic N) is 3. The summed E-state index contributed by atoms with van der Waals surface area (Å²) in [5, 5.41) is 7.10. The average Bonchev–Trinajstić information content (AvgIpc) is 3.13. The number of hydrogen-bond acceptors (Lipinski definition) is 5. The van der Waals surface area contributed by atoms with Crippen molar-refractivity contribution < 1.29 is 23.5 Å². The van der Waals surface area contributed by atoms with E-state index in [1.165, 1.54) is 39.9 Å². The van der Waals surface area contributed by atoms with Gasteiger partial charge in [0.25, 0.3) is 5.91 Å². The Balaban J connectivity index is 2.02. The Labute approximate surface area is 180 Å². The van der Waals surface area contributed by atoms with E-state index in [1.54, 1.807) is 13.8 Å². The molecule has 3 rings (SSSR count). The molecule has 0 saturated carbocycles. The summed E-state index contributed by atoms with van der Waals surface area (Å²) < 4.78 is 19.8. The average molecular weight is 430 g/mol. The Hall–Kier alpha value is -3.23. The van der Waals surface area contributed by atoms with Gasteiger partial charge in [-0.2, -0.15) is 5.10 Å². The molecular weight excluding hydrogens is 403 g/mol. The number of carbonyl (C=O) groups is 3. The molecule has 1 aromatic heterocycles. The largest absolute Gasteiger partial charge is 0.461 e. The third-order valence-corrected chi connectivity index (χ3v) is 5.22. The fourth-order valence-corrected chi connectivity index (χ4v) is 3.55. The number of nitrogens with one attached hydrogen (secondary N) is 1. The summed E-state index contributed by atoms with van der Waals surface area (Å²) in [4.78, 5) is 40.1. The number of halogens is 1. The zero-order valence-electron chi connectivity index (χ0n) is 18.1. The molecule has 0 aliphatic carbocycles. The minimum atomic E-state index is -1.34. The molecule has 8 nitrogen and oxygen atoms in total. The van der Waals surface area contributed by atoms with Crippen LogP contribution in [0.1, 0.15) is 55.1 Å². The first-order valence-electron chi connectivity index (χ1n) is 10.3. The molecule has 1 N–H and O–H groups in total. The molecule has 0 saturated heterocycles. The van der Waals surface area contributed by atoms with Gasteiger partial charge in [0, 0.05) is 18.3 Å². The Bertz CT molecular complexity index is 986. The highest BCUT2D eigenvalue weighted by atomic mass is 19.1. The fraction of sp³-hybridized carbons (Fsp3) is 0.455. The van der Waals surface area contributed by atoms with Crippen molar-refractivity contribution >= 4 is 23.5 Å². The SMILES string of the molecule is CCOC(=O)c1cc2n(n1)C[C@](C)(C(=O)NCCC(C)C)N(c1ccc(F)cc1)C2=O. The van der Waals surface area contributed by atoms with E-state index in [2.05, 4.69) is 24.3 Å². The number of anilines is 1. The van der Waals surface area contributed by atoms with Gasteiger partial charge in [-0.1, -0.05) is 13.8 Å². The monoisotopic (exact) mass is 430 g/mol. The van der Waals surface area contributed by atoms with Crippen LogP contribution in [0.4, 0.5) is 10.1 Å². The highest BCUT2D eigenvalue weighted by Crippen LogP contribution is 2.33. The third-order valence-electron chi connectivity index (χ3n) is 5.22. The molecule has 0 bridgehead atoms. The first-order valence-corrected chi connectivity index (χ1v) is 10.3. The molecule has 0 spiro atoms. The van der Waals surface area contributed by atoms with E-state index in [9.17, 15) is 18.8 Å². The molecule has 166 valence electrons. The van der Waals surface area contributed by atoms with Crippen LogP contribution in [0, 0.1) is 11.7 Å². The summed E-state index contributed by atoms with van der Waals surface area (Å²) >= 11 is 0. The van der Waals surface area contributed by atoms with Crippen molar-refractivity contribution in [3.63, 3.8) is 0 Å². The predicted octanol–water partition coefficient (Wildman–Crippen LogP) is 2.78. The number of esters is 1. The summed E-state index contributed by atoms with van der Waals surface area (Å²) in [7, 11) is 0. The molecule has 0 unspecified atom stereocenters. The second-order valence-corrected chi connectivity index (χ2v) is 8.12. The smallest absolute Gasteiger partial charge is 0.358 e. The second kappa shape index (κ2) is 8.87. The number of benzene rings is 1. The van der Waals surface area contributed by atoms with Crippen LogP contribution in [0.15, 0.2) is 30.3 Å². The van der Waals surface area contributed by atoms with Gasteiger partial charge in [0.2, 0.25) is 5.91 Å². The third kappa shape index (κ3) is 4.45. The summed E-state index contributed by atoms with van der Waals surface area (Å²) in [6, 6.07) is 6.72. The van der Waals surface area contributed by atoms with Gasteiger partial charge in [-0.3, -0.25) is 19.2 Å². The van der Waals surface area contributed by atoms with Crippen LogP contribution < -0.4 is 10.2 Å². The van der Waals surface area contributed by atoms with Crippen molar-refractivity contribution in [1.29, 1.82) is 0 Å². The van der Waals surface area contributed by atoms with Gasteiger partial charge in [-0.25, -0.2) is 9.18 Å². The first-order chi connectivity index (χ1) is 14.7. The van der Waals surface area contributed by atoms with Gasteiger partial charge < -0.3 is 10.1 Å². The van der Waals surface area contributed by atoms with E-state index in [-0.39, 0.29) is 30.4 Å². The summed E-state index contributed by atoms with van der Waals surface area (Å²) in [5.41, 5.74) is -0.816. The second-order valence-electron chi connectivity index (χ2n) is 8.12. The Morgan fingerprint density at radius 2 is 1.97 bits per heavy atom. The van der Waals surface area contributed by atoms with E-state index in [1.807, 2.05) is 0 Å². The molecule has 2 aromatic rings. The van der Waals surface area contributed by atoms with Crippen LogP contribution in [0.3, 0.4) is 0 Å². The van der Waals surface area contributed by atoms with Crippen molar-refractivity contribution in [3.8, 4) is 0 Å². The number of ether oxygens (including phenoxy) is 1. The van der Waals surface area contributed by atoms with Crippen molar-refractivity contribution in [3.05, 3.63) is 47.5 Å². The maximum atomic E-state index is 13.5. The lowest BCUT2D eigenvalue weighted by molar-refractivity contribution is -0.126. The van der Waals surface area contributed by atoms with Gasteiger partial charge in [0.1, 0.15) is 17.1 Å². The number of carbonyl (C=O) groups excluding carboxylic acids is 3. The lowest BCUT2D eigenvalue weighted by atomic mass is 9.93. The quantitative estimate of drug-likeness (QED) is 0.682. The standard InChI is InChI=1S/C22H27FN4O4/c1-5-31-20(29)17-12-18-19(28)27(16-8-6-15(23)7-9-16)22(4,13-26(18)25-17)21(30)24-11-10-14(2)3/h6-9,12,14H,5,10-11,13H2,1-4H3,(H,24,30)/t22-/m1/s1. The maximum Gasteiger partial charge on any atom is 0.358 e. The molecule has 31 heavy (non-hydrogen) atoms. The molecule has 1 atom stereocenters. The fourth-order valence-electron chi connectivity index (χ4n) is 3.55. The predicted molar refractivity (Wildman–Crippen MR) is 112 cm³/mol. The topological polar surface area (TPSA) is 93.5 Å². The van der Waals surface area contributed by atoms with E-state index >= 15 is 0 Å². The molecule has 1 aliphatic heterocycles. The van der Waals surface area contributed by atoms with Gasteiger partial charge in [0.05, 0.1) is 13.2 Å². The number of aromatic nitrogens is 2. The minimum Gasteiger partial charge on any atom is -0.461 e. The Kier molecular flexibility index (Phi) is 6.42. The van der Waals surface area contributed by atoms with Crippen molar-refractivity contribution in [2.75, 3.05) is 18.1 Å². The van der Waals surface area contributed by atoms with E-state index in [0.717, 1.165) is 6.42 Å². The summed E-state index contributed by atoms with van der Waals surface area (Å²) in [6.45, 7) is 8.07. The van der Waals surface area contributed by atoms with Crippen molar-refractivity contribution in [2.24, 2.45) is 5.92 Å². The van der Waals surface area contributed by atoms with Crippen LogP contribution in [0.25, 0.3) is 0 Å². The van der Waals surface area contributed by atoms with Crippen LogP contribution in [-0.4, -0.2) is 46.3 Å². The normalized spacial score (nSPS) is 18.1. The van der Waals surface area contributed by atoms with Crippen LogP contribution in [-0.2, 0) is 16.1 Å². The van der Waals surface area contributed by atoms with Crippen LogP contribution in [0.2, 0.25) is 0 Å². The lowest BCUT2D eigenvalue weighted by Gasteiger charge is -2.43. The van der Waals surface area contributed by atoms with Crippen LogP contribution >= 0.6 is 0 Å². The van der Waals surface area contributed by atoms with E-state index < -0.39 is 23.2 Å². The molecule has 0 radical (unpaired) electrons. The highest BCUT2D eigenvalue weighted by Gasteiger charge is 2.49. The van der Waals surface area contributed by atoms with Gasteiger partial charge in [-0.05, 0) is 50.5 Å². The van der Waals surface area contributed by atoms with Gasteiger partial charge in [-0.15, -0.1) is 0 Å². The molecular formula is C22H27FN4O4. The number of hydrogen-bond donors (Lipinski definition) is 1. The minimum absolute atomic E-state index is 0.00581. The van der Waals surface area contributed by atoms with E-state index in [4.69, 9.17) is 4.74 Å². The zero-order chi connectivity index (χ0) is 22.8. The molecule has 2 heterocycles. The Morgan fingerprint density at radius 3 is 2.58 bits per heavy atom. The molecule has 1 aromatic carbocycles. The highest BCUT2D eigenvalue weighted by molar-refractivity contribution is 6.12. The molecule has 2 amide bonds. The van der Waals surface area contributed by atoms with Gasteiger partial charge in [0.15, 0.2) is 5.69 Å². The summed E-state index contributed by atoms with van der Waals surface area (Å²) in [5.74, 6) is -1.56. The molecule has 1 aliphatic rings. The molecule has 9 heteroatoms. The number of rotatable bonds is 7. The maximum absolute atomic E-state index is 13.5. The molecule has 0 fully saturated rings. The summed E-state index contributed by atoms with van der Waals surface area (Å²) in [6.07, 6.45) is 0.784. The van der Waals surface area contributed by atoms with Gasteiger partial charge >= 0.3 is 5.97 Å². The van der Waals surface area contributed by atoms with Crippen LogP contribution in [0.5, 0.6) is 0 Å². The number of amides is 2. The Morgan fingerprint density at radius 1 is 1.29 bits per heavy atom. The zero-order valence-corrected chi connectivity index (χ0v) is 18.1. The van der Waals surface area contributed by atoms with E-state index in [0.29, 0.717) is 18.2 Å². The lowest BCUT2D eigenvalue weighted by Crippen LogP contribution is -2.64. The number of fused-ring (bicyclic) bond motifs is 1. The van der Waals surface area contributed by atoms with Crippen molar-refractivity contribution in [1.82, 2.24) is 15.1 Å². The van der Waals surface area contributed by atoms with Crippen molar-refractivity contribution in [2.45, 2.75) is 46.2 Å². The first kappa shape index (κ1) is 22.5.